The Kier molecular flexibility index (Phi) is 3.67. The van der Waals surface area contributed by atoms with E-state index in [4.69, 9.17) is 0 Å². The van der Waals surface area contributed by atoms with Crippen molar-refractivity contribution < 1.29 is 0 Å². The third-order valence-corrected chi connectivity index (χ3v) is 5.18. The van der Waals surface area contributed by atoms with E-state index in [9.17, 15) is 0 Å². The fourth-order valence-corrected chi connectivity index (χ4v) is 4.49. The highest BCUT2D eigenvalue weighted by molar-refractivity contribution is 8.03. The van der Waals surface area contributed by atoms with Crippen LogP contribution in [0.4, 0.5) is 0 Å². The number of fused-ring (bicyclic) bond motifs is 1. The van der Waals surface area contributed by atoms with Gasteiger partial charge >= 0.3 is 0 Å². The summed E-state index contributed by atoms with van der Waals surface area (Å²) in [5.41, 5.74) is 0.913. The average molecular weight is 310 g/mol. The summed E-state index contributed by atoms with van der Waals surface area (Å²) in [6.07, 6.45) is 1.50. The van der Waals surface area contributed by atoms with Crippen LogP contribution in [-0.4, -0.2) is 35.5 Å². The molecule has 0 saturated heterocycles. The van der Waals surface area contributed by atoms with Crippen molar-refractivity contribution in [3.8, 4) is 0 Å². The molecule has 3 aromatic rings. The van der Waals surface area contributed by atoms with Crippen LogP contribution in [0.3, 0.4) is 0 Å². The lowest BCUT2D eigenvalue weighted by Crippen LogP contribution is -1.96. The molecule has 0 N–H and O–H groups in total. The van der Waals surface area contributed by atoms with E-state index in [-0.39, 0.29) is 0 Å². The molecule has 0 bridgehead atoms. The summed E-state index contributed by atoms with van der Waals surface area (Å²) in [7, 11) is 0. The zero-order chi connectivity index (χ0) is 13.2. The smallest absolute Gasteiger partial charge is 0.216 e. The number of aromatic nitrogens is 6. The summed E-state index contributed by atoms with van der Waals surface area (Å²) in [5, 5.41) is 13.4. The van der Waals surface area contributed by atoms with Crippen molar-refractivity contribution in [2.24, 2.45) is 0 Å². The predicted octanol–water partition coefficient (Wildman–Crippen LogP) is 2.55. The number of hydrogen-bond donors (Lipinski definition) is 0. The minimum absolute atomic E-state index is 0.607. The van der Waals surface area contributed by atoms with E-state index in [1.165, 1.54) is 18.1 Å². The monoisotopic (exact) mass is 310 g/mol. The summed E-state index contributed by atoms with van der Waals surface area (Å²) in [4.78, 5) is 8.42. The van der Waals surface area contributed by atoms with Gasteiger partial charge in [0.1, 0.15) is 11.4 Å². The summed E-state index contributed by atoms with van der Waals surface area (Å²) in [6, 6.07) is 1.97. The van der Waals surface area contributed by atoms with Crippen molar-refractivity contribution in [2.45, 2.75) is 27.6 Å². The minimum atomic E-state index is 0.607. The molecular weight excluding hydrogens is 300 g/mol. The van der Waals surface area contributed by atoms with Gasteiger partial charge in [0.15, 0.2) is 8.68 Å². The highest BCUT2D eigenvalue weighted by atomic mass is 32.2. The topological polar surface area (TPSA) is 68.9 Å². The molecule has 9 heteroatoms. The van der Waals surface area contributed by atoms with Crippen LogP contribution in [0.2, 0.25) is 0 Å². The number of hydrogen-bond acceptors (Lipinski definition) is 8. The second-order valence-corrected chi connectivity index (χ2v) is 7.33. The first-order chi connectivity index (χ1) is 9.26. The zero-order valence-corrected chi connectivity index (χ0v) is 12.7. The van der Waals surface area contributed by atoms with Gasteiger partial charge in [-0.1, -0.05) is 30.0 Å². The maximum Gasteiger partial charge on any atom is 0.253 e. The quantitative estimate of drug-likeness (QED) is 0.542. The Hall–Kier alpha value is -1.19. The highest BCUT2D eigenvalue weighted by Gasteiger charge is 2.11. The Labute approximate surface area is 122 Å². The van der Waals surface area contributed by atoms with Crippen LogP contribution < -0.4 is 0 Å². The van der Waals surface area contributed by atoms with Gasteiger partial charge in [-0.05, 0) is 30.5 Å². The van der Waals surface area contributed by atoms with Gasteiger partial charge in [-0.3, -0.25) is 0 Å². The van der Waals surface area contributed by atoms with Gasteiger partial charge in [-0.2, -0.15) is 14.6 Å². The van der Waals surface area contributed by atoms with E-state index in [1.807, 2.05) is 13.0 Å². The van der Waals surface area contributed by atoms with Crippen LogP contribution in [0.15, 0.2) is 26.1 Å². The molecule has 6 nitrogen and oxygen atoms in total. The molecule has 3 rings (SSSR count). The average Bonchev–Trinajstić information content (AvgIpc) is 2.98. The van der Waals surface area contributed by atoms with Gasteiger partial charge in [0, 0.05) is 5.69 Å². The fraction of sp³-hybridized carbons (Fsp3) is 0.300. The van der Waals surface area contributed by atoms with Gasteiger partial charge in [-0.15, -0.1) is 10.2 Å². The molecule has 0 spiro atoms. The maximum atomic E-state index is 4.31. The van der Waals surface area contributed by atoms with E-state index < -0.39 is 0 Å². The van der Waals surface area contributed by atoms with Crippen LogP contribution >= 0.6 is 34.9 Å². The van der Waals surface area contributed by atoms with Gasteiger partial charge in [0.05, 0.1) is 0 Å². The predicted molar refractivity (Wildman–Crippen MR) is 75.9 cm³/mol. The van der Waals surface area contributed by atoms with Crippen molar-refractivity contribution in [1.29, 1.82) is 0 Å². The van der Waals surface area contributed by atoms with Gasteiger partial charge in [0.25, 0.3) is 5.78 Å². The maximum absolute atomic E-state index is 4.31. The van der Waals surface area contributed by atoms with Crippen molar-refractivity contribution in [1.82, 2.24) is 29.8 Å². The van der Waals surface area contributed by atoms with Crippen molar-refractivity contribution in [3.63, 3.8) is 0 Å². The van der Waals surface area contributed by atoms with E-state index in [0.717, 1.165) is 25.2 Å². The Morgan fingerprint density at radius 1 is 1.32 bits per heavy atom. The third-order valence-electron chi connectivity index (χ3n) is 2.19. The van der Waals surface area contributed by atoms with Crippen LogP contribution in [0, 0.1) is 6.92 Å². The molecule has 0 atom stereocenters. The molecule has 0 unspecified atom stereocenters. The van der Waals surface area contributed by atoms with Crippen LogP contribution in [0.25, 0.3) is 5.78 Å². The van der Waals surface area contributed by atoms with E-state index in [0.29, 0.717) is 5.78 Å². The van der Waals surface area contributed by atoms with Crippen molar-refractivity contribution in [3.05, 3.63) is 18.1 Å². The second kappa shape index (κ2) is 5.43. The van der Waals surface area contributed by atoms with Crippen molar-refractivity contribution >= 4 is 40.6 Å². The Balaban J connectivity index is 1.93. The van der Waals surface area contributed by atoms with Crippen LogP contribution in [0.1, 0.15) is 12.6 Å². The number of nitrogens with zero attached hydrogens (tertiary/aromatic N) is 6. The molecular formula is C10H10N6S3. The van der Waals surface area contributed by atoms with Crippen molar-refractivity contribution in [2.75, 3.05) is 5.75 Å². The number of aryl methyl sites for hydroxylation is 1. The number of rotatable bonds is 4. The molecule has 0 aromatic carbocycles. The first-order valence-corrected chi connectivity index (χ1v) is 8.19. The van der Waals surface area contributed by atoms with E-state index in [1.54, 1.807) is 27.6 Å². The molecule has 3 heterocycles. The summed E-state index contributed by atoms with van der Waals surface area (Å²) >= 11 is 4.83. The fourth-order valence-electron chi connectivity index (χ4n) is 1.48. The SMILES string of the molecule is CCSc1nnc(Sc2cc(C)nc3ncnn23)s1. The Morgan fingerprint density at radius 2 is 2.16 bits per heavy atom. The van der Waals surface area contributed by atoms with E-state index in [2.05, 4.69) is 32.2 Å². The molecule has 3 aromatic heterocycles. The first-order valence-electron chi connectivity index (χ1n) is 5.58. The van der Waals surface area contributed by atoms with E-state index >= 15 is 0 Å². The molecule has 0 aliphatic carbocycles. The normalized spacial score (nSPS) is 11.3. The first kappa shape index (κ1) is 12.8. The third kappa shape index (κ3) is 2.72. The highest BCUT2D eigenvalue weighted by Crippen LogP contribution is 2.33. The van der Waals surface area contributed by atoms with Gasteiger partial charge in [-0.25, -0.2) is 4.98 Å². The van der Waals surface area contributed by atoms with Gasteiger partial charge < -0.3 is 0 Å². The van der Waals surface area contributed by atoms with Crippen LogP contribution in [0.5, 0.6) is 0 Å². The lowest BCUT2D eigenvalue weighted by Gasteiger charge is -2.01. The molecule has 0 saturated carbocycles. The standard InChI is InChI=1S/C10H10N6S3/c1-3-17-9-14-15-10(19-9)18-7-4-6(2)13-8-11-5-12-16(7)8/h4-5H,3H2,1-2H3. The summed E-state index contributed by atoms with van der Waals surface area (Å²) in [5.74, 6) is 1.61. The minimum Gasteiger partial charge on any atom is -0.216 e. The molecule has 19 heavy (non-hydrogen) atoms. The zero-order valence-electron chi connectivity index (χ0n) is 10.3. The molecule has 0 radical (unpaired) electrons. The Morgan fingerprint density at radius 3 is 3.00 bits per heavy atom. The molecule has 98 valence electrons. The largest absolute Gasteiger partial charge is 0.253 e. The summed E-state index contributed by atoms with van der Waals surface area (Å²) in [6.45, 7) is 4.04. The molecule has 0 aliphatic heterocycles. The molecule has 0 aliphatic rings. The van der Waals surface area contributed by atoms with Crippen LogP contribution in [-0.2, 0) is 0 Å². The summed E-state index contributed by atoms with van der Waals surface area (Å²) < 4.78 is 3.61. The molecule has 0 fully saturated rings. The lowest BCUT2D eigenvalue weighted by atomic mass is 10.5. The lowest BCUT2D eigenvalue weighted by molar-refractivity contribution is 0.831. The Bertz CT molecular complexity index is 706. The van der Waals surface area contributed by atoms with Gasteiger partial charge in [0.2, 0.25) is 0 Å². The molecule has 0 amide bonds. The number of thioether (sulfide) groups is 1. The second-order valence-electron chi connectivity index (χ2n) is 3.58.